The normalized spacial score (nSPS) is 30.9. The molecular weight excluding hydrogens is 198 g/mol. The van der Waals surface area contributed by atoms with E-state index in [1.807, 2.05) is 0 Å². The SMILES string of the molecule is CNCC1(C(C2CCN(C)C2)N(C)C)CC1. The number of hydrogen-bond acceptors (Lipinski definition) is 3. The van der Waals surface area contributed by atoms with Gasteiger partial charge in [0.2, 0.25) is 0 Å². The highest BCUT2D eigenvalue weighted by Crippen LogP contribution is 2.52. The van der Waals surface area contributed by atoms with Gasteiger partial charge in [-0.3, -0.25) is 0 Å². The Morgan fingerprint density at radius 3 is 2.50 bits per heavy atom. The van der Waals surface area contributed by atoms with E-state index in [2.05, 4.69) is 43.3 Å². The standard InChI is InChI=1S/C13H27N3/c1-14-10-13(6-7-13)12(15(2)3)11-5-8-16(4)9-11/h11-12,14H,5-10H2,1-4H3. The second-order valence-corrected chi connectivity index (χ2v) is 6.11. The van der Waals surface area contributed by atoms with E-state index >= 15 is 0 Å². The fraction of sp³-hybridized carbons (Fsp3) is 1.00. The van der Waals surface area contributed by atoms with E-state index in [9.17, 15) is 0 Å². The Kier molecular flexibility index (Phi) is 3.57. The van der Waals surface area contributed by atoms with Crippen LogP contribution in [0.3, 0.4) is 0 Å². The Morgan fingerprint density at radius 2 is 2.12 bits per heavy atom. The van der Waals surface area contributed by atoms with Crippen molar-refractivity contribution in [3.05, 3.63) is 0 Å². The summed E-state index contributed by atoms with van der Waals surface area (Å²) in [7, 11) is 8.87. The van der Waals surface area contributed by atoms with Crippen molar-refractivity contribution in [2.24, 2.45) is 11.3 Å². The van der Waals surface area contributed by atoms with Gasteiger partial charge in [-0.1, -0.05) is 0 Å². The van der Waals surface area contributed by atoms with Crippen LogP contribution in [0.1, 0.15) is 19.3 Å². The van der Waals surface area contributed by atoms with Crippen molar-refractivity contribution in [1.29, 1.82) is 0 Å². The molecule has 0 radical (unpaired) electrons. The first-order chi connectivity index (χ1) is 7.59. The zero-order valence-electron chi connectivity index (χ0n) is 11.3. The van der Waals surface area contributed by atoms with Gasteiger partial charge in [0, 0.05) is 19.1 Å². The van der Waals surface area contributed by atoms with Crippen LogP contribution in [0.15, 0.2) is 0 Å². The van der Waals surface area contributed by atoms with E-state index in [1.54, 1.807) is 0 Å². The monoisotopic (exact) mass is 225 g/mol. The van der Waals surface area contributed by atoms with Crippen LogP contribution in [0.4, 0.5) is 0 Å². The molecule has 0 aromatic heterocycles. The third-order valence-corrected chi connectivity index (χ3v) is 4.48. The van der Waals surface area contributed by atoms with Crippen LogP contribution < -0.4 is 5.32 Å². The van der Waals surface area contributed by atoms with E-state index in [0.29, 0.717) is 5.41 Å². The van der Waals surface area contributed by atoms with Gasteiger partial charge in [-0.25, -0.2) is 0 Å². The zero-order chi connectivity index (χ0) is 11.8. The van der Waals surface area contributed by atoms with Crippen LogP contribution in [-0.4, -0.2) is 63.7 Å². The Morgan fingerprint density at radius 1 is 1.44 bits per heavy atom. The maximum atomic E-state index is 3.40. The molecule has 1 heterocycles. The Hall–Kier alpha value is -0.120. The van der Waals surface area contributed by atoms with Crippen molar-refractivity contribution in [1.82, 2.24) is 15.1 Å². The number of nitrogens with zero attached hydrogens (tertiary/aromatic N) is 2. The van der Waals surface area contributed by atoms with E-state index in [-0.39, 0.29) is 0 Å². The fourth-order valence-electron chi connectivity index (χ4n) is 3.79. The van der Waals surface area contributed by atoms with Gasteiger partial charge in [-0.05, 0) is 65.3 Å². The molecule has 0 aromatic carbocycles. The molecule has 0 aromatic rings. The van der Waals surface area contributed by atoms with Crippen molar-refractivity contribution >= 4 is 0 Å². The average Bonchev–Trinajstić information content (AvgIpc) is 2.83. The molecule has 0 spiro atoms. The highest BCUT2D eigenvalue weighted by molar-refractivity contribution is 5.07. The zero-order valence-corrected chi connectivity index (χ0v) is 11.3. The number of likely N-dealkylation sites (tertiary alicyclic amines) is 1. The molecule has 2 atom stereocenters. The van der Waals surface area contributed by atoms with Gasteiger partial charge in [0.1, 0.15) is 0 Å². The molecule has 2 unspecified atom stereocenters. The lowest BCUT2D eigenvalue weighted by Gasteiger charge is -2.37. The van der Waals surface area contributed by atoms with Crippen molar-refractivity contribution in [2.45, 2.75) is 25.3 Å². The van der Waals surface area contributed by atoms with Gasteiger partial charge in [-0.15, -0.1) is 0 Å². The summed E-state index contributed by atoms with van der Waals surface area (Å²) in [6, 6.07) is 0.768. The molecule has 0 amide bonds. The molecule has 1 saturated carbocycles. The molecule has 1 aliphatic carbocycles. The molecule has 1 aliphatic heterocycles. The first-order valence-electron chi connectivity index (χ1n) is 6.59. The van der Waals surface area contributed by atoms with E-state index in [4.69, 9.17) is 0 Å². The minimum Gasteiger partial charge on any atom is -0.319 e. The van der Waals surface area contributed by atoms with Crippen molar-refractivity contribution in [3.63, 3.8) is 0 Å². The van der Waals surface area contributed by atoms with Gasteiger partial charge in [0.25, 0.3) is 0 Å². The fourth-order valence-corrected chi connectivity index (χ4v) is 3.79. The minimum absolute atomic E-state index is 0.577. The van der Waals surface area contributed by atoms with E-state index < -0.39 is 0 Å². The van der Waals surface area contributed by atoms with Crippen molar-refractivity contribution < 1.29 is 0 Å². The maximum absolute atomic E-state index is 3.40. The molecule has 94 valence electrons. The van der Waals surface area contributed by atoms with Gasteiger partial charge in [-0.2, -0.15) is 0 Å². The number of hydrogen-bond donors (Lipinski definition) is 1. The molecule has 1 saturated heterocycles. The lowest BCUT2D eigenvalue weighted by Crippen LogP contribution is -2.47. The first kappa shape index (κ1) is 12.3. The predicted octanol–water partition coefficient (Wildman–Crippen LogP) is 0.868. The third-order valence-electron chi connectivity index (χ3n) is 4.48. The molecule has 16 heavy (non-hydrogen) atoms. The lowest BCUT2D eigenvalue weighted by atomic mass is 9.84. The summed E-state index contributed by atoms with van der Waals surface area (Å²) in [6.07, 6.45) is 4.21. The summed E-state index contributed by atoms with van der Waals surface area (Å²) in [5.41, 5.74) is 0.577. The van der Waals surface area contributed by atoms with Gasteiger partial charge in [0.15, 0.2) is 0 Å². The molecule has 1 N–H and O–H groups in total. The molecular formula is C13H27N3. The molecule has 3 nitrogen and oxygen atoms in total. The van der Waals surface area contributed by atoms with Crippen LogP contribution >= 0.6 is 0 Å². The number of nitrogens with one attached hydrogen (secondary N) is 1. The topological polar surface area (TPSA) is 18.5 Å². The Bertz CT molecular complexity index is 235. The van der Waals surface area contributed by atoms with Gasteiger partial charge in [0.05, 0.1) is 0 Å². The summed E-state index contributed by atoms with van der Waals surface area (Å²) in [5.74, 6) is 0.871. The van der Waals surface area contributed by atoms with Crippen LogP contribution in [0.5, 0.6) is 0 Å². The summed E-state index contributed by atoms with van der Waals surface area (Å²) in [6.45, 7) is 3.76. The molecule has 3 heteroatoms. The maximum Gasteiger partial charge on any atom is 0.0199 e. The molecule has 0 bridgehead atoms. The smallest absolute Gasteiger partial charge is 0.0199 e. The lowest BCUT2D eigenvalue weighted by molar-refractivity contribution is 0.126. The average molecular weight is 225 g/mol. The summed E-state index contributed by atoms with van der Waals surface area (Å²) in [5, 5.41) is 3.40. The molecule has 2 aliphatic rings. The Labute approximate surface area is 100 Å². The summed E-state index contributed by atoms with van der Waals surface area (Å²) >= 11 is 0. The largest absolute Gasteiger partial charge is 0.319 e. The second kappa shape index (κ2) is 4.63. The van der Waals surface area contributed by atoms with Crippen molar-refractivity contribution in [2.75, 3.05) is 47.8 Å². The predicted molar refractivity (Wildman–Crippen MR) is 68.7 cm³/mol. The quantitative estimate of drug-likeness (QED) is 0.749. The molecule has 2 rings (SSSR count). The minimum atomic E-state index is 0.577. The molecule has 2 fully saturated rings. The van der Waals surface area contributed by atoms with Crippen LogP contribution in [-0.2, 0) is 0 Å². The van der Waals surface area contributed by atoms with Crippen LogP contribution in [0.25, 0.3) is 0 Å². The highest BCUT2D eigenvalue weighted by atomic mass is 15.2. The van der Waals surface area contributed by atoms with Crippen LogP contribution in [0, 0.1) is 11.3 Å². The first-order valence-corrected chi connectivity index (χ1v) is 6.59. The second-order valence-electron chi connectivity index (χ2n) is 6.11. The van der Waals surface area contributed by atoms with E-state index in [0.717, 1.165) is 12.0 Å². The Balaban J connectivity index is 2.05. The van der Waals surface area contributed by atoms with E-state index in [1.165, 1.54) is 38.9 Å². The van der Waals surface area contributed by atoms with Crippen molar-refractivity contribution in [3.8, 4) is 0 Å². The van der Waals surface area contributed by atoms with Gasteiger partial charge >= 0.3 is 0 Å². The third kappa shape index (κ3) is 2.27. The number of rotatable bonds is 5. The van der Waals surface area contributed by atoms with Gasteiger partial charge < -0.3 is 15.1 Å². The summed E-state index contributed by atoms with van der Waals surface area (Å²) < 4.78 is 0. The van der Waals surface area contributed by atoms with Crippen LogP contribution in [0.2, 0.25) is 0 Å². The highest BCUT2D eigenvalue weighted by Gasteiger charge is 2.52. The summed E-state index contributed by atoms with van der Waals surface area (Å²) in [4.78, 5) is 4.96.